The van der Waals surface area contributed by atoms with Crippen molar-refractivity contribution in [2.24, 2.45) is 0 Å². The first-order valence-electron chi connectivity index (χ1n) is 13.3. The van der Waals surface area contributed by atoms with E-state index < -0.39 is 0 Å². The molecule has 9 rings (SSSR count). The Balaban J connectivity index is 1.45. The van der Waals surface area contributed by atoms with Gasteiger partial charge in [-0.1, -0.05) is 72.8 Å². The summed E-state index contributed by atoms with van der Waals surface area (Å²) >= 11 is 0. The lowest BCUT2D eigenvalue weighted by atomic mass is 10.1. The summed E-state index contributed by atoms with van der Waals surface area (Å²) in [4.78, 5) is 0. The van der Waals surface area contributed by atoms with Crippen LogP contribution in [0.5, 0.6) is 0 Å². The predicted molar refractivity (Wildman–Crippen MR) is 162 cm³/mol. The number of aromatic nitrogens is 2. The number of nitrogens with zero attached hydrogens (tertiary/aromatic N) is 2. The van der Waals surface area contributed by atoms with Crippen molar-refractivity contribution in [3.05, 3.63) is 133 Å². The third-order valence-corrected chi connectivity index (χ3v) is 8.11. The molecule has 3 nitrogen and oxygen atoms in total. The maximum absolute atomic E-state index is 6.52. The Morgan fingerprint density at radius 2 is 1.00 bits per heavy atom. The van der Waals surface area contributed by atoms with Crippen LogP contribution in [0.1, 0.15) is 0 Å². The maximum atomic E-state index is 6.52. The first-order chi connectivity index (χ1) is 19.4. The fourth-order valence-corrected chi connectivity index (χ4v) is 6.47. The summed E-state index contributed by atoms with van der Waals surface area (Å²) in [5, 5.41) is 7.16. The Kier molecular flexibility index (Phi) is 4.05. The fraction of sp³-hybridized carbons (Fsp3) is 0. The average molecular weight is 499 g/mol. The SMILES string of the molecule is c1ccc(-n2c3cc(-n4c5ccccc5c5ccccc54)ccc3c3c4oc5ccccc5c4ccc32)cc1. The van der Waals surface area contributed by atoms with E-state index in [1.54, 1.807) is 0 Å². The van der Waals surface area contributed by atoms with Crippen LogP contribution in [-0.4, -0.2) is 9.13 Å². The summed E-state index contributed by atoms with van der Waals surface area (Å²) in [6.45, 7) is 0. The van der Waals surface area contributed by atoms with Crippen molar-refractivity contribution < 1.29 is 4.42 Å². The van der Waals surface area contributed by atoms with Crippen molar-refractivity contribution in [3.63, 3.8) is 0 Å². The largest absolute Gasteiger partial charge is 0.455 e. The van der Waals surface area contributed by atoms with Crippen molar-refractivity contribution in [2.45, 2.75) is 0 Å². The minimum absolute atomic E-state index is 0.919. The van der Waals surface area contributed by atoms with E-state index in [9.17, 15) is 0 Å². The smallest absolute Gasteiger partial charge is 0.145 e. The second-order valence-corrected chi connectivity index (χ2v) is 10.2. The Bertz CT molecular complexity index is 2330. The number of furan rings is 1. The van der Waals surface area contributed by atoms with Gasteiger partial charge in [0.25, 0.3) is 0 Å². The zero-order valence-corrected chi connectivity index (χ0v) is 21.0. The third kappa shape index (κ3) is 2.76. The van der Waals surface area contributed by atoms with E-state index >= 15 is 0 Å². The fourth-order valence-electron chi connectivity index (χ4n) is 6.47. The molecule has 0 unspecified atom stereocenters. The second kappa shape index (κ2) is 7.62. The van der Waals surface area contributed by atoms with E-state index in [4.69, 9.17) is 4.42 Å². The van der Waals surface area contributed by atoms with Gasteiger partial charge in [0.1, 0.15) is 11.2 Å². The molecule has 0 radical (unpaired) electrons. The van der Waals surface area contributed by atoms with Crippen molar-refractivity contribution in [1.82, 2.24) is 9.13 Å². The number of hydrogen-bond acceptors (Lipinski definition) is 1. The van der Waals surface area contributed by atoms with Gasteiger partial charge in [0.15, 0.2) is 0 Å². The molecule has 0 spiro atoms. The van der Waals surface area contributed by atoms with Crippen LogP contribution in [0.4, 0.5) is 0 Å². The molecular formula is C36H22N2O. The van der Waals surface area contributed by atoms with Crippen molar-refractivity contribution in [2.75, 3.05) is 0 Å². The second-order valence-electron chi connectivity index (χ2n) is 10.2. The van der Waals surface area contributed by atoms with Gasteiger partial charge in [-0.3, -0.25) is 0 Å². The van der Waals surface area contributed by atoms with Crippen LogP contribution < -0.4 is 0 Å². The molecular weight excluding hydrogens is 476 g/mol. The molecule has 182 valence electrons. The Hall–Kier alpha value is -5.28. The summed E-state index contributed by atoms with van der Waals surface area (Å²) in [5.41, 5.74) is 8.85. The lowest BCUT2D eigenvalue weighted by Crippen LogP contribution is -1.96. The molecule has 39 heavy (non-hydrogen) atoms. The standard InChI is InChI=1S/C36H22N2O/c1-2-10-23(11-3-1)37-32-21-20-28-27-14-6-9-17-34(27)39-36(28)35(32)29-19-18-24(22-33(29)37)38-30-15-7-4-12-25(30)26-13-5-8-16-31(26)38/h1-22H. The monoisotopic (exact) mass is 498 g/mol. The summed E-state index contributed by atoms with van der Waals surface area (Å²) < 4.78 is 11.3. The first kappa shape index (κ1) is 20.7. The molecule has 0 saturated carbocycles. The number of fused-ring (bicyclic) bond motifs is 10. The molecule has 3 aromatic heterocycles. The predicted octanol–water partition coefficient (Wildman–Crippen LogP) is 9.78. The Morgan fingerprint density at radius 1 is 0.385 bits per heavy atom. The van der Waals surface area contributed by atoms with Crippen LogP contribution in [-0.2, 0) is 0 Å². The van der Waals surface area contributed by atoms with Gasteiger partial charge >= 0.3 is 0 Å². The minimum Gasteiger partial charge on any atom is -0.455 e. The summed E-state index contributed by atoms with van der Waals surface area (Å²) in [5.74, 6) is 0. The van der Waals surface area contributed by atoms with Gasteiger partial charge in [0.05, 0.1) is 27.5 Å². The van der Waals surface area contributed by atoms with Crippen LogP contribution in [0.15, 0.2) is 138 Å². The summed E-state index contributed by atoms with van der Waals surface area (Å²) in [7, 11) is 0. The zero-order chi connectivity index (χ0) is 25.5. The number of benzene rings is 6. The normalized spacial score (nSPS) is 12.1. The molecule has 0 atom stereocenters. The number of rotatable bonds is 2. The van der Waals surface area contributed by atoms with Crippen LogP contribution in [0.2, 0.25) is 0 Å². The molecule has 0 saturated heterocycles. The quantitative estimate of drug-likeness (QED) is 0.233. The zero-order valence-electron chi connectivity index (χ0n) is 21.0. The molecule has 0 N–H and O–H groups in total. The highest BCUT2D eigenvalue weighted by Crippen LogP contribution is 2.41. The molecule has 0 aliphatic carbocycles. The summed E-state index contributed by atoms with van der Waals surface area (Å²) in [6.07, 6.45) is 0. The maximum Gasteiger partial charge on any atom is 0.145 e. The minimum atomic E-state index is 0.919. The topological polar surface area (TPSA) is 23.0 Å². The molecule has 3 heterocycles. The van der Waals surface area contributed by atoms with Gasteiger partial charge in [-0.25, -0.2) is 0 Å². The molecule has 9 aromatic rings. The Morgan fingerprint density at radius 3 is 1.77 bits per heavy atom. The highest BCUT2D eigenvalue weighted by atomic mass is 16.3. The highest BCUT2D eigenvalue weighted by molar-refractivity contribution is 6.24. The van der Waals surface area contributed by atoms with Crippen molar-refractivity contribution >= 4 is 65.6 Å². The Labute approximate surface area is 223 Å². The molecule has 6 aromatic carbocycles. The van der Waals surface area contributed by atoms with Crippen LogP contribution in [0, 0.1) is 0 Å². The van der Waals surface area contributed by atoms with Gasteiger partial charge in [-0.05, 0) is 60.7 Å². The van der Waals surface area contributed by atoms with Gasteiger partial charge in [-0.2, -0.15) is 0 Å². The van der Waals surface area contributed by atoms with E-state index in [0.717, 1.165) is 49.7 Å². The average Bonchev–Trinajstić information content (AvgIpc) is 3.65. The van der Waals surface area contributed by atoms with Gasteiger partial charge < -0.3 is 13.6 Å². The van der Waals surface area contributed by atoms with Gasteiger partial charge in [0, 0.05) is 38.3 Å². The van der Waals surface area contributed by atoms with Crippen LogP contribution >= 0.6 is 0 Å². The van der Waals surface area contributed by atoms with Crippen LogP contribution in [0.25, 0.3) is 76.9 Å². The first-order valence-corrected chi connectivity index (χ1v) is 13.3. The molecule has 0 aliphatic heterocycles. The third-order valence-electron chi connectivity index (χ3n) is 8.11. The lowest BCUT2D eigenvalue weighted by Gasteiger charge is -2.11. The molecule has 0 aliphatic rings. The van der Waals surface area contributed by atoms with E-state index in [0.29, 0.717) is 0 Å². The van der Waals surface area contributed by atoms with Crippen molar-refractivity contribution in [1.29, 1.82) is 0 Å². The van der Waals surface area contributed by atoms with E-state index in [1.165, 1.54) is 27.2 Å². The van der Waals surface area contributed by atoms with Crippen LogP contribution in [0.3, 0.4) is 0 Å². The number of hydrogen-bond donors (Lipinski definition) is 0. The molecule has 0 bridgehead atoms. The van der Waals surface area contributed by atoms with E-state index in [-0.39, 0.29) is 0 Å². The molecule has 0 amide bonds. The van der Waals surface area contributed by atoms with E-state index in [1.807, 2.05) is 6.07 Å². The molecule has 3 heteroatoms. The van der Waals surface area contributed by atoms with Gasteiger partial charge in [0.2, 0.25) is 0 Å². The number of para-hydroxylation sites is 4. The van der Waals surface area contributed by atoms with Crippen molar-refractivity contribution in [3.8, 4) is 11.4 Å². The molecule has 0 fully saturated rings. The highest BCUT2D eigenvalue weighted by Gasteiger charge is 2.20. The van der Waals surface area contributed by atoms with Gasteiger partial charge in [-0.15, -0.1) is 0 Å². The lowest BCUT2D eigenvalue weighted by molar-refractivity contribution is 0.673. The summed E-state index contributed by atoms with van der Waals surface area (Å²) in [6, 6.07) is 47.6. The van der Waals surface area contributed by atoms with E-state index in [2.05, 4.69) is 137 Å².